The van der Waals surface area contributed by atoms with Crippen LogP contribution in [0.5, 0.6) is 0 Å². The molecule has 0 radical (unpaired) electrons. The quantitative estimate of drug-likeness (QED) is 0.535. The molecule has 1 aromatic rings. The smallest absolute Gasteiger partial charge is 0.305 e. The Morgan fingerprint density at radius 3 is 2.29 bits per heavy atom. The van der Waals surface area contributed by atoms with Crippen LogP contribution in [0.15, 0.2) is 30.3 Å². The summed E-state index contributed by atoms with van der Waals surface area (Å²) in [6, 6.07) is 7.45. The third kappa shape index (κ3) is 6.37. The summed E-state index contributed by atoms with van der Waals surface area (Å²) in [7, 11) is 0. The van der Waals surface area contributed by atoms with Crippen molar-refractivity contribution >= 4 is 17.8 Å². The Balaban J connectivity index is 2.63. The lowest BCUT2D eigenvalue weighted by Crippen LogP contribution is -2.51. The van der Waals surface area contributed by atoms with Gasteiger partial charge in [-0.25, -0.2) is 0 Å². The Kier molecular flexibility index (Phi) is 7.91. The molecule has 0 aliphatic rings. The minimum Gasteiger partial charge on any atom is -0.481 e. The number of aliphatic carboxylic acids is 1. The molecule has 0 saturated carbocycles. The van der Waals surface area contributed by atoms with Crippen molar-refractivity contribution in [2.45, 2.75) is 51.2 Å². The highest BCUT2D eigenvalue weighted by molar-refractivity contribution is 5.91. The highest BCUT2D eigenvalue weighted by atomic mass is 16.4. The molecule has 132 valence electrons. The van der Waals surface area contributed by atoms with E-state index in [0.717, 1.165) is 18.4 Å². The van der Waals surface area contributed by atoms with Crippen molar-refractivity contribution in [1.29, 1.82) is 0 Å². The monoisotopic (exact) mass is 335 g/mol. The summed E-state index contributed by atoms with van der Waals surface area (Å²) in [5, 5.41) is 14.0. The van der Waals surface area contributed by atoms with E-state index in [1.54, 1.807) is 0 Å². The predicted molar refractivity (Wildman–Crippen MR) is 90.1 cm³/mol. The minimum atomic E-state index is -1.18. The molecular formula is C17H25N3O4. The Bertz CT molecular complexity index is 562. The van der Waals surface area contributed by atoms with Crippen LogP contribution in [0.1, 0.15) is 44.7 Å². The van der Waals surface area contributed by atoms with Crippen LogP contribution in [0.25, 0.3) is 0 Å². The standard InChI is InChI=1S/C17H25N3O4/c1-3-7-14(12-8-5-4-6-9-12)20-16(23)11(2)19-17(24)13(18)10-15(21)22/h4-6,8-9,11,13-14H,3,7,10,18H2,1-2H3,(H,19,24)(H,20,23)(H,21,22)/t11-,13+,14-/m1/s1. The molecule has 7 heteroatoms. The summed E-state index contributed by atoms with van der Waals surface area (Å²) in [5.41, 5.74) is 6.48. The fourth-order valence-corrected chi connectivity index (χ4v) is 2.26. The Morgan fingerprint density at radius 2 is 1.75 bits per heavy atom. The second-order valence-electron chi connectivity index (χ2n) is 5.70. The van der Waals surface area contributed by atoms with E-state index in [9.17, 15) is 14.4 Å². The van der Waals surface area contributed by atoms with Gasteiger partial charge in [0.15, 0.2) is 0 Å². The number of amides is 2. The van der Waals surface area contributed by atoms with Crippen molar-refractivity contribution in [1.82, 2.24) is 10.6 Å². The maximum absolute atomic E-state index is 12.3. The fraction of sp³-hybridized carbons (Fsp3) is 0.471. The number of nitrogens with one attached hydrogen (secondary N) is 2. The van der Waals surface area contributed by atoms with E-state index < -0.39 is 30.4 Å². The van der Waals surface area contributed by atoms with Crippen molar-refractivity contribution in [2.75, 3.05) is 0 Å². The third-order valence-electron chi connectivity index (χ3n) is 3.58. The summed E-state index contributed by atoms with van der Waals surface area (Å²) in [5.74, 6) is -2.16. The molecule has 1 rings (SSSR count). The number of carbonyl (C=O) groups is 3. The molecule has 0 saturated heterocycles. The van der Waals surface area contributed by atoms with E-state index in [0.29, 0.717) is 0 Å². The Hall–Kier alpha value is -2.41. The van der Waals surface area contributed by atoms with E-state index in [2.05, 4.69) is 10.6 Å². The zero-order valence-corrected chi connectivity index (χ0v) is 14.0. The number of hydrogen-bond acceptors (Lipinski definition) is 4. The topological polar surface area (TPSA) is 122 Å². The maximum atomic E-state index is 12.3. The molecule has 5 N–H and O–H groups in total. The number of benzene rings is 1. The van der Waals surface area contributed by atoms with Gasteiger partial charge in [0.1, 0.15) is 6.04 Å². The van der Waals surface area contributed by atoms with Gasteiger partial charge in [0.2, 0.25) is 11.8 Å². The molecule has 0 spiro atoms. The molecule has 2 amide bonds. The zero-order valence-electron chi connectivity index (χ0n) is 14.0. The van der Waals surface area contributed by atoms with Crippen LogP contribution in [0, 0.1) is 0 Å². The summed E-state index contributed by atoms with van der Waals surface area (Å²) in [6.07, 6.45) is 1.18. The fourth-order valence-electron chi connectivity index (χ4n) is 2.26. The first-order chi connectivity index (χ1) is 11.3. The van der Waals surface area contributed by atoms with Gasteiger partial charge in [-0.1, -0.05) is 43.7 Å². The largest absolute Gasteiger partial charge is 0.481 e. The predicted octanol–water partition coefficient (Wildman–Crippen LogP) is 0.951. The first-order valence-corrected chi connectivity index (χ1v) is 7.98. The Labute approximate surface area is 141 Å². The number of nitrogens with two attached hydrogens (primary N) is 1. The molecule has 0 aliphatic carbocycles. The van der Waals surface area contributed by atoms with Crippen LogP contribution < -0.4 is 16.4 Å². The van der Waals surface area contributed by atoms with Gasteiger partial charge >= 0.3 is 5.97 Å². The summed E-state index contributed by atoms with van der Waals surface area (Å²) in [4.78, 5) is 34.7. The second kappa shape index (κ2) is 9.67. The normalized spacial score (nSPS) is 14.3. The van der Waals surface area contributed by atoms with Gasteiger partial charge in [-0.3, -0.25) is 14.4 Å². The van der Waals surface area contributed by atoms with Crippen LogP contribution in [0.3, 0.4) is 0 Å². The van der Waals surface area contributed by atoms with Crippen LogP contribution in [-0.4, -0.2) is 35.0 Å². The molecule has 24 heavy (non-hydrogen) atoms. The average Bonchev–Trinajstić information content (AvgIpc) is 2.54. The average molecular weight is 335 g/mol. The molecule has 7 nitrogen and oxygen atoms in total. The van der Waals surface area contributed by atoms with Crippen molar-refractivity contribution < 1.29 is 19.5 Å². The summed E-state index contributed by atoms with van der Waals surface area (Å²) in [6.45, 7) is 3.56. The van der Waals surface area contributed by atoms with Gasteiger partial charge in [0, 0.05) is 0 Å². The molecule has 0 aromatic heterocycles. The first kappa shape index (κ1) is 19.6. The van der Waals surface area contributed by atoms with E-state index in [-0.39, 0.29) is 11.9 Å². The van der Waals surface area contributed by atoms with E-state index >= 15 is 0 Å². The molecule has 0 aliphatic heterocycles. The summed E-state index contributed by atoms with van der Waals surface area (Å²) < 4.78 is 0. The molecule has 0 fully saturated rings. The molecule has 0 unspecified atom stereocenters. The number of carboxylic acid groups (broad SMARTS) is 1. The number of carbonyl (C=O) groups excluding carboxylic acids is 2. The highest BCUT2D eigenvalue weighted by Crippen LogP contribution is 2.18. The van der Waals surface area contributed by atoms with Gasteiger partial charge < -0.3 is 21.5 Å². The van der Waals surface area contributed by atoms with Crippen molar-refractivity contribution in [2.24, 2.45) is 5.73 Å². The molecule has 0 bridgehead atoms. The van der Waals surface area contributed by atoms with Crippen LogP contribution >= 0.6 is 0 Å². The van der Waals surface area contributed by atoms with E-state index in [4.69, 9.17) is 10.8 Å². The van der Waals surface area contributed by atoms with Gasteiger partial charge in [-0.05, 0) is 18.9 Å². The van der Waals surface area contributed by atoms with E-state index in [1.807, 2.05) is 37.3 Å². The lowest BCUT2D eigenvalue weighted by Gasteiger charge is -2.22. The van der Waals surface area contributed by atoms with E-state index in [1.165, 1.54) is 6.92 Å². The molecular weight excluding hydrogens is 310 g/mol. The number of rotatable bonds is 9. The van der Waals surface area contributed by atoms with Crippen molar-refractivity contribution in [3.63, 3.8) is 0 Å². The SMILES string of the molecule is CCC[C@@H](NC(=O)[C@@H](C)NC(=O)[C@@H](N)CC(=O)O)c1ccccc1. The minimum absolute atomic E-state index is 0.143. The maximum Gasteiger partial charge on any atom is 0.305 e. The number of hydrogen-bond donors (Lipinski definition) is 4. The van der Waals surface area contributed by atoms with Crippen LogP contribution in [0.4, 0.5) is 0 Å². The zero-order chi connectivity index (χ0) is 18.1. The van der Waals surface area contributed by atoms with Crippen molar-refractivity contribution in [3.8, 4) is 0 Å². The molecule has 1 aromatic carbocycles. The van der Waals surface area contributed by atoms with Crippen molar-refractivity contribution in [3.05, 3.63) is 35.9 Å². The third-order valence-corrected chi connectivity index (χ3v) is 3.58. The lowest BCUT2D eigenvalue weighted by molar-refractivity contribution is -0.139. The van der Waals surface area contributed by atoms with Crippen LogP contribution in [0.2, 0.25) is 0 Å². The molecule has 0 heterocycles. The second-order valence-corrected chi connectivity index (χ2v) is 5.70. The van der Waals surface area contributed by atoms with Gasteiger partial charge in [0.05, 0.1) is 18.5 Å². The Morgan fingerprint density at radius 1 is 1.12 bits per heavy atom. The van der Waals surface area contributed by atoms with Crippen LogP contribution in [-0.2, 0) is 14.4 Å². The molecule has 3 atom stereocenters. The first-order valence-electron chi connectivity index (χ1n) is 7.98. The van der Waals surface area contributed by atoms with Gasteiger partial charge in [-0.2, -0.15) is 0 Å². The summed E-state index contributed by atoms with van der Waals surface area (Å²) >= 11 is 0. The highest BCUT2D eigenvalue weighted by Gasteiger charge is 2.23. The van der Waals surface area contributed by atoms with Gasteiger partial charge in [0.25, 0.3) is 0 Å². The number of carboxylic acids is 1. The lowest BCUT2D eigenvalue weighted by atomic mass is 10.0. The van der Waals surface area contributed by atoms with Gasteiger partial charge in [-0.15, -0.1) is 0 Å².